The van der Waals surface area contributed by atoms with Gasteiger partial charge < -0.3 is 0 Å². The van der Waals surface area contributed by atoms with Gasteiger partial charge in [-0.3, -0.25) is 0 Å². The molecule has 0 aromatic carbocycles. The highest BCUT2D eigenvalue weighted by atomic mass is 127. The summed E-state index contributed by atoms with van der Waals surface area (Å²) in [6, 6.07) is 0. The largest absolute Gasteiger partial charge is 0.0841 e. The summed E-state index contributed by atoms with van der Waals surface area (Å²) in [6.07, 6.45) is 24.4. The Morgan fingerprint density at radius 1 is 1.08 bits per heavy atom. The average molecular weight is 458 g/mol. The number of hydrogen-bond acceptors (Lipinski definition) is 0. The molecule has 0 bridgehead atoms. The van der Waals surface area contributed by atoms with Gasteiger partial charge in [-0.1, -0.05) is 84.0 Å². The van der Waals surface area contributed by atoms with Crippen LogP contribution >= 0.6 is 22.6 Å². The molecule has 0 amide bonds. The zero-order chi connectivity index (χ0) is 17.9. The van der Waals surface area contributed by atoms with Gasteiger partial charge in [0, 0.05) is 3.92 Å². The molecule has 0 heterocycles. The van der Waals surface area contributed by atoms with Gasteiger partial charge >= 0.3 is 0 Å². The zero-order valence-electron chi connectivity index (χ0n) is 16.2. The predicted molar refractivity (Wildman–Crippen MR) is 119 cm³/mol. The summed E-state index contributed by atoms with van der Waals surface area (Å²) in [5.41, 5.74) is 7.08. The number of halogens is 1. The van der Waals surface area contributed by atoms with Crippen molar-refractivity contribution in [1.29, 1.82) is 0 Å². The minimum absolute atomic E-state index is 0.349. The molecule has 0 nitrogen and oxygen atoms in total. The Morgan fingerprint density at radius 2 is 1.96 bits per heavy atom. The van der Waals surface area contributed by atoms with Gasteiger partial charge in [-0.05, 0) is 85.2 Å². The van der Waals surface area contributed by atoms with Gasteiger partial charge in [0.25, 0.3) is 0 Å². The summed E-state index contributed by atoms with van der Waals surface area (Å²) in [6.45, 7) is 5.02. The summed E-state index contributed by atoms with van der Waals surface area (Å²) >= 11 is 2.61. The van der Waals surface area contributed by atoms with Crippen molar-refractivity contribution in [3.63, 3.8) is 0 Å². The Bertz CT molecular complexity index is 757. The monoisotopic (exact) mass is 458 g/mol. The van der Waals surface area contributed by atoms with Gasteiger partial charge in [0.2, 0.25) is 0 Å². The van der Waals surface area contributed by atoms with Crippen molar-refractivity contribution >= 4 is 22.6 Å². The summed E-state index contributed by atoms with van der Waals surface area (Å²) in [7, 11) is 0. The van der Waals surface area contributed by atoms with Crippen molar-refractivity contribution in [1.82, 2.24) is 0 Å². The van der Waals surface area contributed by atoms with Gasteiger partial charge in [0.05, 0.1) is 0 Å². The van der Waals surface area contributed by atoms with Crippen LogP contribution in [0.2, 0.25) is 0 Å². The van der Waals surface area contributed by atoms with E-state index in [2.05, 4.69) is 72.9 Å². The SMILES string of the molecule is CC1(C)C2=C(C=CCC2)C2=CC=C(C3CCC4CC(I)C=CC4C3)CC21. The first kappa shape index (κ1) is 17.5. The van der Waals surface area contributed by atoms with Crippen molar-refractivity contribution in [3.05, 3.63) is 58.7 Å². The van der Waals surface area contributed by atoms with Gasteiger partial charge in [0.15, 0.2) is 0 Å². The third-order valence-corrected chi connectivity index (χ3v) is 9.01. The normalized spacial score (nSPS) is 40.5. The van der Waals surface area contributed by atoms with E-state index in [0.29, 0.717) is 11.3 Å². The van der Waals surface area contributed by atoms with Crippen LogP contribution in [0.15, 0.2) is 58.7 Å². The van der Waals surface area contributed by atoms with Crippen LogP contribution in [0.3, 0.4) is 0 Å². The lowest BCUT2D eigenvalue weighted by atomic mass is 9.64. The fraction of sp³-hybridized carbons (Fsp3) is 0.600. The quantitative estimate of drug-likeness (QED) is 0.219. The lowest BCUT2D eigenvalue weighted by Gasteiger charge is -2.41. The van der Waals surface area contributed by atoms with Crippen LogP contribution in [-0.2, 0) is 0 Å². The van der Waals surface area contributed by atoms with Crippen LogP contribution in [0.1, 0.15) is 58.8 Å². The summed E-state index contributed by atoms with van der Waals surface area (Å²) in [4.78, 5) is 0. The molecule has 0 saturated heterocycles. The molecule has 1 fully saturated rings. The molecular formula is C25H31I. The van der Waals surface area contributed by atoms with Crippen LogP contribution in [0.4, 0.5) is 0 Å². The smallest absolute Gasteiger partial charge is 0.0292 e. The zero-order valence-corrected chi connectivity index (χ0v) is 18.3. The Kier molecular flexibility index (Phi) is 4.38. The van der Waals surface area contributed by atoms with Gasteiger partial charge in [-0.15, -0.1) is 0 Å². The number of alkyl halides is 1. The Morgan fingerprint density at radius 3 is 2.85 bits per heavy atom. The first-order valence-corrected chi connectivity index (χ1v) is 11.9. The molecular weight excluding hydrogens is 427 g/mol. The maximum Gasteiger partial charge on any atom is 0.0292 e. The number of allylic oxidation sites excluding steroid dienone is 10. The maximum atomic E-state index is 2.61. The molecule has 5 aliphatic rings. The molecule has 5 atom stereocenters. The van der Waals surface area contributed by atoms with E-state index in [1.54, 1.807) is 22.3 Å². The summed E-state index contributed by atoms with van der Waals surface area (Å²) in [5.74, 6) is 3.34. The van der Waals surface area contributed by atoms with Crippen LogP contribution in [-0.4, -0.2) is 3.92 Å². The predicted octanol–water partition coefficient (Wildman–Crippen LogP) is 7.34. The van der Waals surface area contributed by atoms with E-state index >= 15 is 0 Å². The Labute approximate surface area is 172 Å². The number of hydrogen-bond donors (Lipinski definition) is 0. The molecule has 5 aliphatic carbocycles. The first-order chi connectivity index (χ1) is 12.5. The molecule has 0 spiro atoms. The Hall–Kier alpha value is -0.570. The third kappa shape index (κ3) is 2.75. The minimum atomic E-state index is 0.349. The molecule has 0 aliphatic heterocycles. The first-order valence-electron chi connectivity index (χ1n) is 10.7. The summed E-state index contributed by atoms with van der Waals surface area (Å²) in [5, 5.41) is 0. The number of rotatable bonds is 1. The fourth-order valence-electron chi connectivity index (χ4n) is 6.53. The topological polar surface area (TPSA) is 0 Å². The molecule has 138 valence electrons. The molecule has 26 heavy (non-hydrogen) atoms. The van der Waals surface area contributed by atoms with E-state index in [-0.39, 0.29) is 0 Å². The highest BCUT2D eigenvalue weighted by molar-refractivity contribution is 14.1. The molecule has 0 aromatic heterocycles. The van der Waals surface area contributed by atoms with Gasteiger partial charge in [-0.25, -0.2) is 0 Å². The maximum absolute atomic E-state index is 2.61. The second-order valence-corrected chi connectivity index (χ2v) is 11.3. The lowest BCUT2D eigenvalue weighted by molar-refractivity contribution is 0.212. The second kappa shape index (κ2) is 6.50. The molecule has 1 heteroatoms. The van der Waals surface area contributed by atoms with E-state index in [0.717, 1.165) is 21.7 Å². The van der Waals surface area contributed by atoms with Crippen LogP contribution in [0.5, 0.6) is 0 Å². The molecule has 0 aromatic rings. The van der Waals surface area contributed by atoms with Crippen LogP contribution < -0.4 is 0 Å². The number of fused-ring (bicyclic) bond motifs is 3. The average Bonchev–Trinajstić information content (AvgIpc) is 2.89. The van der Waals surface area contributed by atoms with Crippen molar-refractivity contribution in [2.45, 2.75) is 62.7 Å². The second-order valence-electron chi connectivity index (χ2n) is 9.75. The van der Waals surface area contributed by atoms with Crippen molar-refractivity contribution < 1.29 is 0 Å². The minimum Gasteiger partial charge on any atom is -0.0841 e. The highest BCUT2D eigenvalue weighted by Crippen LogP contribution is 2.58. The van der Waals surface area contributed by atoms with E-state index in [9.17, 15) is 0 Å². The fourth-order valence-corrected chi connectivity index (χ4v) is 7.42. The highest BCUT2D eigenvalue weighted by Gasteiger charge is 2.46. The lowest BCUT2D eigenvalue weighted by Crippen LogP contribution is -2.31. The van der Waals surface area contributed by atoms with Gasteiger partial charge in [0.1, 0.15) is 0 Å². The van der Waals surface area contributed by atoms with E-state index in [1.165, 1.54) is 44.9 Å². The van der Waals surface area contributed by atoms with Crippen LogP contribution in [0.25, 0.3) is 0 Å². The Balaban J connectivity index is 1.39. The molecule has 1 saturated carbocycles. The van der Waals surface area contributed by atoms with Crippen molar-refractivity contribution in [2.24, 2.45) is 29.1 Å². The molecule has 0 radical (unpaired) electrons. The molecule has 5 unspecified atom stereocenters. The standard InChI is InChI=1S/C25H31I/c1-25(2)23-6-4-3-5-21(23)22-12-10-19(15-24(22)25)16-7-8-18-14-20(26)11-9-17(18)13-16/h3,5,9-12,16-18,20,24H,4,6-8,13-15H2,1-2H3. The molecule has 0 N–H and O–H groups in total. The van der Waals surface area contributed by atoms with Crippen LogP contribution in [0, 0.1) is 29.1 Å². The molecule has 5 rings (SSSR count). The van der Waals surface area contributed by atoms with E-state index in [1.807, 2.05) is 0 Å². The van der Waals surface area contributed by atoms with Gasteiger partial charge in [-0.2, -0.15) is 0 Å². The third-order valence-electron chi connectivity index (χ3n) is 8.09. The van der Waals surface area contributed by atoms with Crippen molar-refractivity contribution in [2.75, 3.05) is 0 Å². The summed E-state index contributed by atoms with van der Waals surface area (Å²) < 4.78 is 0.773. The van der Waals surface area contributed by atoms with Crippen molar-refractivity contribution in [3.8, 4) is 0 Å². The van der Waals surface area contributed by atoms with E-state index < -0.39 is 0 Å². The van der Waals surface area contributed by atoms with E-state index in [4.69, 9.17) is 0 Å².